The first-order valence-corrected chi connectivity index (χ1v) is 6.85. The van der Waals surface area contributed by atoms with E-state index in [9.17, 15) is 4.39 Å². The molecule has 0 unspecified atom stereocenters. The van der Waals surface area contributed by atoms with Gasteiger partial charge in [-0.2, -0.15) is 0 Å². The van der Waals surface area contributed by atoms with Gasteiger partial charge < -0.3 is 10.6 Å². The van der Waals surface area contributed by atoms with Crippen molar-refractivity contribution >= 4 is 5.69 Å². The van der Waals surface area contributed by atoms with Crippen molar-refractivity contribution in [3.05, 3.63) is 65.0 Å². The SMILES string of the molecule is Cc1ccc(CN(C)c2ccc(F)cc2CCN)cc1. The fourth-order valence-electron chi connectivity index (χ4n) is 2.33. The molecule has 0 aromatic heterocycles. The molecule has 0 aliphatic rings. The van der Waals surface area contributed by atoms with E-state index in [2.05, 4.69) is 36.1 Å². The molecule has 0 spiro atoms. The Labute approximate surface area is 120 Å². The molecule has 0 saturated carbocycles. The molecule has 0 aliphatic carbocycles. The second kappa shape index (κ2) is 6.53. The number of benzene rings is 2. The number of hydrogen-bond donors (Lipinski definition) is 1. The molecule has 2 nitrogen and oxygen atoms in total. The van der Waals surface area contributed by atoms with Crippen molar-refractivity contribution in [1.29, 1.82) is 0 Å². The molecule has 2 rings (SSSR count). The lowest BCUT2D eigenvalue weighted by molar-refractivity contribution is 0.625. The number of nitrogens with two attached hydrogens (primary N) is 1. The predicted octanol–water partition coefficient (Wildman–Crippen LogP) is 3.27. The average Bonchev–Trinajstić information content (AvgIpc) is 2.42. The molecule has 0 saturated heterocycles. The van der Waals surface area contributed by atoms with Gasteiger partial charge in [0.05, 0.1) is 0 Å². The van der Waals surface area contributed by atoms with E-state index >= 15 is 0 Å². The number of aryl methyl sites for hydroxylation is 1. The zero-order valence-corrected chi connectivity index (χ0v) is 12.1. The van der Waals surface area contributed by atoms with Crippen LogP contribution in [0, 0.1) is 12.7 Å². The Morgan fingerprint density at radius 1 is 1.10 bits per heavy atom. The molecule has 2 N–H and O–H groups in total. The molecule has 0 radical (unpaired) electrons. The highest BCUT2D eigenvalue weighted by Gasteiger charge is 2.09. The fraction of sp³-hybridized carbons (Fsp3) is 0.294. The van der Waals surface area contributed by atoms with Crippen LogP contribution < -0.4 is 10.6 Å². The van der Waals surface area contributed by atoms with Crippen molar-refractivity contribution in [1.82, 2.24) is 0 Å². The molecule has 0 bridgehead atoms. The summed E-state index contributed by atoms with van der Waals surface area (Å²) >= 11 is 0. The van der Waals surface area contributed by atoms with E-state index < -0.39 is 0 Å². The molecular formula is C17H21FN2. The first-order valence-electron chi connectivity index (χ1n) is 6.85. The van der Waals surface area contributed by atoms with E-state index in [4.69, 9.17) is 5.73 Å². The number of nitrogens with zero attached hydrogens (tertiary/aromatic N) is 1. The van der Waals surface area contributed by atoms with Gasteiger partial charge >= 0.3 is 0 Å². The smallest absolute Gasteiger partial charge is 0.123 e. The second-order valence-corrected chi connectivity index (χ2v) is 5.15. The van der Waals surface area contributed by atoms with Crippen LogP contribution in [0.15, 0.2) is 42.5 Å². The van der Waals surface area contributed by atoms with Crippen molar-refractivity contribution in [2.45, 2.75) is 19.9 Å². The summed E-state index contributed by atoms with van der Waals surface area (Å²) < 4.78 is 13.3. The fourth-order valence-corrected chi connectivity index (χ4v) is 2.33. The quantitative estimate of drug-likeness (QED) is 0.905. The summed E-state index contributed by atoms with van der Waals surface area (Å²) in [6.07, 6.45) is 0.686. The van der Waals surface area contributed by atoms with Crippen molar-refractivity contribution in [2.24, 2.45) is 5.73 Å². The molecule has 0 fully saturated rings. The summed E-state index contributed by atoms with van der Waals surface area (Å²) in [6, 6.07) is 13.4. The highest BCUT2D eigenvalue weighted by Crippen LogP contribution is 2.22. The minimum Gasteiger partial charge on any atom is -0.370 e. The van der Waals surface area contributed by atoms with E-state index in [0.717, 1.165) is 17.8 Å². The van der Waals surface area contributed by atoms with Gasteiger partial charge in [-0.1, -0.05) is 29.8 Å². The Balaban J connectivity index is 2.19. The van der Waals surface area contributed by atoms with E-state index in [-0.39, 0.29) is 5.82 Å². The van der Waals surface area contributed by atoms with Gasteiger partial charge in [0.1, 0.15) is 5.82 Å². The van der Waals surface area contributed by atoms with Gasteiger partial charge in [0, 0.05) is 19.3 Å². The highest BCUT2D eigenvalue weighted by molar-refractivity contribution is 5.53. The molecule has 2 aromatic carbocycles. The lowest BCUT2D eigenvalue weighted by Gasteiger charge is -2.23. The van der Waals surface area contributed by atoms with Crippen LogP contribution in [0.25, 0.3) is 0 Å². The lowest BCUT2D eigenvalue weighted by atomic mass is 10.1. The summed E-state index contributed by atoms with van der Waals surface area (Å²) in [4.78, 5) is 2.13. The van der Waals surface area contributed by atoms with E-state index in [1.807, 2.05) is 13.1 Å². The lowest BCUT2D eigenvalue weighted by Crippen LogP contribution is -2.19. The maximum Gasteiger partial charge on any atom is 0.123 e. The number of anilines is 1. The van der Waals surface area contributed by atoms with Crippen molar-refractivity contribution in [3.8, 4) is 0 Å². The van der Waals surface area contributed by atoms with Gasteiger partial charge in [-0.25, -0.2) is 4.39 Å². The standard InChI is InChI=1S/C17H21FN2/c1-13-3-5-14(6-4-13)12-20(2)17-8-7-16(18)11-15(17)9-10-19/h3-8,11H,9-10,12,19H2,1-2H3. The maximum atomic E-state index is 13.3. The Hall–Kier alpha value is -1.87. The van der Waals surface area contributed by atoms with Crippen LogP contribution in [0.5, 0.6) is 0 Å². The van der Waals surface area contributed by atoms with Crippen LogP contribution in [0.1, 0.15) is 16.7 Å². The Morgan fingerprint density at radius 2 is 1.80 bits per heavy atom. The van der Waals surface area contributed by atoms with Crippen LogP contribution in [0.3, 0.4) is 0 Å². The van der Waals surface area contributed by atoms with Gasteiger partial charge in [-0.15, -0.1) is 0 Å². The summed E-state index contributed by atoms with van der Waals surface area (Å²) in [5, 5.41) is 0. The average molecular weight is 272 g/mol. The van der Waals surface area contributed by atoms with Crippen LogP contribution in [0.2, 0.25) is 0 Å². The third-order valence-corrected chi connectivity index (χ3v) is 3.41. The van der Waals surface area contributed by atoms with E-state index in [1.54, 1.807) is 6.07 Å². The molecule has 2 aromatic rings. The topological polar surface area (TPSA) is 29.3 Å². The summed E-state index contributed by atoms with van der Waals surface area (Å²) in [5.74, 6) is -0.207. The van der Waals surface area contributed by atoms with Crippen LogP contribution >= 0.6 is 0 Å². The summed E-state index contributed by atoms with van der Waals surface area (Å²) in [7, 11) is 2.02. The van der Waals surface area contributed by atoms with Crippen LogP contribution in [0.4, 0.5) is 10.1 Å². The normalized spacial score (nSPS) is 10.6. The highest BCUT2D eigenvalue weighted by atomic mass is 19.1. The van der Waals surface area contributed by atoms with E-state index in [1.165, 1.54) is 17.2 Å². The molecule has 0 aliphatic heterocycles. The van der Waals surface area contributed by atoms with Crippen molar-refractivity contribution < 1.29 is 4.39 Å². The minimum atomic E-state index is -0.207. The molecule has 0 amide bonds. The number of halogens is 1. The Morgan fingerprint density at radius 3 is 2.45 bits per heavy atom. The Kier molecular flexibility index (Phi) is 4.74. The van der Waals surface area contributed by atoms with Crippen LogP contribution in [-0.4, -0.2) is 13.6 Å². The second-order valence-electron chi connectivity index (χ2n) is 5.15. The largest absolute Gasteiger partial charge is 0.370 e. The molecular weight excluding hydrogens is 251 g/mol. The molecule has 20 heavy (non-hydrogen) atoms. The third-order valence-electron chi connectivity index (χ3n) is 3.41. The van der Waals surface area contributed by atoms with Gasteiger partial charge in [0.2, 0.25) is 0 Å². The van der Waals surface area contributed by atoms with Crippen LogP contribution in [-0.2, 0) is 13.0 Å². The summed E-state index contributed by atoms with van der Waals surface area (Å²) in [5.41, 5.74) is 10.1. The monoisotopic (exact) mass is 272 g/mol. The number of rotatable bonds is 5. The molecule has 3 heteroatoms. The maximum absolute atomic E-state index is 13.3. The molecule has 0 heterocycles. The predicted molar refractivity (Wildman–Crippen MR) is 82.4 cm³/mol. The summed E-state index contributed by atoms with van der Waals surface area (Å²) in [6.45, 7) is 3.39. The van der Waals surface area contributed by atoms with Crippen molar-refractivity contribution in [3.63, 3.8) is 0 Å². The van der Waals surface area contributed by atoms with Crippen molar-refractivity contribution in [2.75, 3.05) is 18.5 Å². The van der Waals surface area contributed by atoms with E-state index in [0.29, 0.717) is 13.0 Å². The number of hydrogen-bond acceptors (Lipinski definition) is 2. The molecule has 106 valence electrons. The van der Waals surface area contributed by atoms with Gasteiger partial charge in [0.15, 0.2) is 0 Å². The zero-order chi connectivity index (χ0) is 14.5. The van der Waals surface area contributed by atoms with Gasteiger partial charge in [0.25, 0.3) is 0 Å². The van der Waals surface area contributed by atoms with Gasteiger partial charge in [-0.3, -0.25) is 0 Å². The van der Waals surface area contributed by atoms with Gasteiger partial charge in [-0.05, 0) is 49.2 Å². The Bertz CT molecular complexity index is 564. The minimum absolute atomic E-state index is 0.207. The molecule has 0 atom stereocenters. The first kappa shape index (κ1) is 14.5. The first-order chi connectivity index (χ1) is 9.60. The zero-order valence-electron chi connectivity index (χ0n) is 12.1. The third kappa shape index (κ3) is 3.58.